The molecule has 1 unspecified atom stereocenters. The van der Waals surface area contributed by atoms with E-state index in [4.69, 9.17) is 11.2 Å². The molecule has 0 aliphatic heterocycles. The van der Waals surface area contributed by atoms with Gasteiger partial charge in [0.05, 0.1) is 5.69 Å². The Bertz CT molecular complexity index is 695. The van der Waals surface area contributed by atoms with E-state index in [-0.39, 0.29) is 18.0 Å². The number of halogens is 1. The summed E-state index contributed by atoms with van der Waals surface area (Å²) in [6, 6.07) is 12.1. The number of anilines is 1. The molecule has 2 N–H and O–H groups in total. The summed E-state index contributed by atoms with van der Waals surface area (Å²) in [5.41, 5.74) is 0.540. The summed E-state index contributed by atoms with van der Waals surface area (Å²) in [5.74, 6) is 1.28. The van der Waals surface area contributed by atoms with Gasteiger partial charge in [0.1, 0.15) is 18.2 Å². The minimum atomic E-state index is -1.37. The van der Waals surface area contributed by atoms with E-state index < -0.39 is 17.8 Å². The maximum absolute atomic E-state index is 13.3. The highest BCUT2D eigenvalue weighted by Gasteiger charge is 2.19. The number of aliphatic hydroxyl groups excluding tert-OH is 1. The number of ether oxygens (including phenoxy) is 1. The smallest absolute Gasteiger partial charge is 0.257 e. The summed E-state index contributed by atoms with van der Waals surface area (Å²) in [6.45, 7) is -0.0181. The van der Waals surface area contributed by atoms with Gasteiger partial charge in [0, 0.05) is 6.07 Å². The molecule has 0 radical (unpaired) electrons. The molecule has 0 bridgehead atoms. The van der Waals surface area contributed by atoms with Gasteiger partial charge in [-0.05, 0) is 17.7 Å². The molecule has 2 aromatic carbocycles. The van der Waals surface area contributed by atoms with Crippen molar-refractivity contribution < 1.29 is 19.0 Å². The van der Waals surface area contributed by atoms with E-state index in [1.54, 1.807) is 30.3 Å². The van der Waals surface area contributed by atoms with Crippen LogP contribution in [0.1, 0.15) is 11.7 Å². The zero-order chi connectivity index (χ0) is 15.9. The topological polar surface area (TPSA) is 58.6 Å². The fourth-order valence-corrected chi connectivity index (χ4v) is 1.83. The van der Waals surface area contributed by atoms with Gasteiger partial charge in [0.15, 0.2) is 6.10 Å². The van der Waals surface area contributed by atoms with Crippen molar-refractivity contribution in [2.45, 2.75) is 6.10 Å². The van der Waals surface area contributed by atoms with Gasteiger partial charge in [-0.1, -0.05) is 36.3 Å². The van der Waals surface area contributed by atoms with Crippen LogP contribution in [0.4, 0.5) is 10.1 Å². The molecule has 0 aromatic heterocycles. The molecule has 0 fully saturated rings. The lowest BCUT2D eigenvalue weighted by Crippen LogP contribution is -2.21. The van der Waals surface area contributed by atoms with Gasteiger partial charge < -0.3 is 15.2 Å². The van der Waals surface area contributed by atoms with Crippen LogP contribution in [0.5, 0.6) is 5.75 Å². The van der Waals surface area contributed by atoms with Crippen molar-refractivity contribution in [3.8, 4) is 18.1 Å². The van der Waals surface area contributed by atoms with Crippen LogP contribution in [0.25, 0.3) is 0 Å². The maximum atomic E-state index is 13.3. The van der Waals surface area contributed by atoms with E-state index in [9.17, 15) is 14.3 Å². The molecule has 1 atom stereocenters. The molecular weight excluding hydrogens is 285 g/mol. The summed E-state index contributed by atoms with van der Waals surface area (Å²) in [5, 5.41) is 12.4. The van der Waals surface area contributed by atoms with Gasteiger partial charge in [0.25, 0.3) is 5.91 Å². The second kappa shape index (κ2) is 7.25. The predicted octanol–water partition coefficient (Wildman–Crippen LogP) is 2.51. The van der Waals surface area contributed by atoms with Crippen molar-refractivity contribution in [1.82, 2.24) is 0 Å². The Kier molecular flexibility index (Phi) is 5.12. The van der Waals surface area contributed by atoms with Crippen molar-refractivity contribution in [3.05, 3.63) is 59.9 Å². The van der Waals surface area contributed by atoms with Crippen LogP contribution in [-0.4, -0.2) is 17.6 Å². The fourth-order valence-electron chi connectivity index (χ4n) is 1.83. The summed E-state index contributed by atoms with van der Waals surface area (Å²) >= 11 is 0. The number of carbonyl (C=O) groups is 1. The van der Waals surface area contributed by atoms with Gasteiger partial charge >= 0.3 is 0 Å². The first-order valence-corrected chi connectivity index (χ1v) is 6.51. The summed E-state index contributed by atoms with van der Waals surface area (Å²) in [4.78, 5) is 12.1. The summed E-state index contributed by atoms with van der Waals surface area (Å²) < 4.78 is 18.6. The van der Waals surface area contributed by atoms with Crippen molar-refractivity contribution in [2.24, 2.45) is 0 Å². The molecule has 5 heteroatoms. The zero-order valence-corrected chi connectivity index (χ0v) is 11.6. The number of aliphatic hydroxyl groups is 1. The lowest BCUT2D eigenvalue weighted by molar-refractivity contribution is -0.124. The van der Waals surface area contributed by atoms with Crippen LogP contribution in [-0.2, 0) is 4.79 Å². The zero-order valence-electron chi connectivity index (χ0n) is 11.6. The number of hydrogen-bond acceptors (Lipinski definition) is 3. The van der Waals surface area contributed by atoms with Crippen LogP contribution in [0.15, 0.2) is 48.5 Å². The SMILES string of the molecule is C#CCOc1ccc(F)cc1NC(=O)C(O)c1ccccc1. The minimum Gasteiger partial charge on any atom is -0.479 e. The molecule has 1 amide bonds. The second-order valence-corrected chi connectivity index (χ2v) is 4.44. The molecule has 0 saturated heterocycles. The predicted molar refractivity (Wildman–Crippen MR) is 80.8 cm³/mol. The Balaban J connectivity index is 2.17. The Hall–Kier alpha value is -2.84. The van der Waals surface area contributed by atoms with Crippen molar-refractivity contribution >= 4 is 11.6 Å². The van der Waals surface area contributed by atoms with Gasteiger partial charge in [-0.3, -0.25) is 4.79 Å². The number of nitrogens with one attached hydrogen (secondary N) is 1. The number of carbonyl (C=O) groups excluding carboxylic acids is 1. The lowest BCUT2D eigenvalue weighted by atomic mass is 10.1. The van der Waals surface area contributed by atoms with Crippen LogP contribution in [0, 0.1) is 18.2 Å². The largest absolute Gasteiger partial charge is 0.479 e. The molecule has 0 aliphatic carbocycles. The second-order valence-electron chi connectivity index (χ2n) is 4.44. The van der Waals surface area contributed by atoms with Gasteiger partial charge in [-0.15, -0.1) is 6.42 Å². The normalized spacial score (nSPS) is 11.3. The van der Waals surface area contributed by atoms with E-state index in [0.29, 0.717) is 5.56 Å². The van der Waals surface area contributed by atoms with Crippen LogP contribution in [0.2, 0.25) is 0 Å². The van der Waals surface area contributed by atoms with Crippen molar-refractivity contribution in [1.29, 1.82) is 0 Å². The summed E-state index contributed by atoms with van der Waals surface area (Å²) in [6.07, 6.45) is 3.73. The molecule has 0 heterocycles. The van der Waals surface area contributed by atoms with E-state index in [1.165, 1.54) is 12.1 Å². The third-order valence-electron chi connectivity index (χ3n) is 2.87. The Labute approximate surface area is 127 Å². The van der Waals surface area contributed by atoms with Gasteiger partial charge in [0.2, 0.25) is 0 Å². The molecule has 0 spiro atoms. The highest BCUT2D eigenvalue weighted by atomic mass is 19.1. The van der Waals surface area contributed by atoms with E-state index in [2.05, 4.69) is 11.2 Å². The van der Waals surface area contributed by atoms with Gasteiger partial charge in [-0.25, -0.2) is 4.39 Å². The molecule has 2 rings (SSSR count). The first-order valence-electron chi connectivity index (χ1n) is 6.51. The fraction of sp³-hybridized carbons (Fsp3) is 0.118. The quantitative estimate of drug-likeness (QED) is 0.834. The van der Waals surface area contributed by atoms with Crippen LogP contribution >= 0.6 is 0 Å². The Morgan fingerprint density at radius 1 is 1.32 bits per heavy atom. The van der Waals surface area contributed by atoms with E-state index in [0.717, 1.165) is 6.07 Å². The highest BCUT2D eigenvalue weighted by Crippen LogP contribution is 2.26. The molecule has 2 aromatic rings. The first kappa shape index (κ1) is 15.5. The number of amides is 1. The van der Waals surface area contributed by atoms with Crippen molar-refractivity contribution in [3.63, 3.8) is 0 Å². The minimum absolute atomic E-state index is 0.0181. The molecule has 0 saturated carbocycles. The first-order chi connectivity index (χ1) is 10.6. The maximum Gasteiger partial charge on any atom is 0.257 e. The molecule has 0 aliphatic rings. The lowest BCUT2D eigenvalue weighted by Gasteiger charge is -2.14. The van der Waals surface area contributed by atoms with E-state index in [1.807, 2.05) is 0 Å². The Morgan fingerprint density at radius 2 is 2.05 bits per heavy atom. The number of terminal acetylenes is 1. The molecule has 22 heavy (non-hydrogen) atoms. The van der Waals surface area contributed by atoms with Gasteiger partial charge in [-0.2, -0.15) is 0 Å². The standard InChI is InChI=1S/C17H14FNO3/c1-2-10-22-15-9-8-13(18)11-14(15)19-17(21)16(20)12-6-4-3-5-7-12/h1,3-9,11,16,20H,10H2,(H,19,21). The monoisotopic (exact) mass is 299 g/mol. The average Bonchev–Trinajstić information content (AvgIpc) is 2.54. The van der Waals surface area contributed by atoms with Crippen LogP contribution < -0.4 is 10.1 Å². The van der Waals surface area contributed by atoms with E-state index >= 15 is 0 Å². The molecule has 112 valence electrons. The molecular formula is C17H14FNO3. The Morgan fingerprint density at radius 3 is 2.73 bits per heavy atom. The number of rotatable bonds is 5. The molecule has 4 nitrogen and oxygen atoms in total. The number of benzene rings is 2. The third-order valence-corrected chi connectivity index (χ3v) is 2.87. The van der Waals surface area contributed by atoms with Crippen molar-refractivity contribution in [2.75, 3.05) is 11.9 Å². The number of hydrogen-bond donors (Lipinski definition) is 2. The average molecular weight is 299 g/mol. The van der Waals surface area contributed by atoms with Crippen LogP contribution in [0.3, 0.4) is 0 Å². The highest BCUT2D eigenvalue weighted by molar-refractivity contribution is 5.95. The summed E-state index contributed by atoms with van der Waals surface area (Å²) in [7, 11) is 0. The third kappa shape index (κ3) is 3.84.